The third kappa shape index (κ3) is 6.30. The molecule has 0 bridgehead atoms. The van der Waals surface area contributed by atoms with Crippen molar-refractivity contribution in [3.8, 4) is 6.07 Å². The molecule has 0 saturated carbocycles. The summed E-state index contributed by atoms with van der Waals surface area (Å²) in [6.45, 7) is 3.21. The molecule has 8 nitrogen and oxygen atoms in total. The van der Waals surface area contributed by atoms with Gasteiger partial charge in [-0.1, -0.05) is 11.6 Å². The topological polar surface area (TPSA) is 89.8 Å². The Balaban J connectivity index is 1.60. The van der Waals surface area contributed by atoms with Crippen molar-refractivity contribution in [1.82, 2.24) is 9.88 Å². The summed E-state index contributed by atoms with van der Waals surface area (Å²) in [6.07, 6.45) is 2.55. The van der Waals surface area contributed by atoms with E-state index in [4.69, 9.17) is 11.6 Å². The first-order chi connectivity index (χ1) is 15.9. The van der Waals surface area contributed by atoms with Gasteiger partial charge < -0.3 is 19.4 Å². The largest absolute Gasteiger partial charge is 0.468 e. The zero-order valence-electron chi connectivity index (χ0n) is 18.7. The summed E-state index contributed by atoms with van der Waals surface area (Å²) in [4.78, 5) is 33.9. The molecule has 1 saturated heterocycles. The molecule has 2 aromatic rings. The summed E-state index contributed by atoms with van der Waals surface area (Å²) >= 11 is 7.43. The minimum atomic E-state index is -0.308. The molecule has 0 atom stereocenters. The van der Waals surface area contributed by atoms with Crippen molar-refractivity contribution >= 4 is 46.6 Å². The molecule has 0 N–H and O–H groups in total. The highest BCUT2D eigenvalue weighted by atomic mass is 35.5. The average Bonchev–Trinajstić information content (AvgIpc) is 3.09. The fraction of sp³-hybridized carbons (Fsp3) is 0.391. The van der Waals surface area contributed by atoms with Crippen LogP contribution in [-0.4, -0.2) is 73.7 Å². The van der Waals surface area contributed by atoms with Gasteiger partial charge in [-0.05, 0) is 36.8 Å². The number of amides is 1. The Kier molecular flexibility index (Phi) is 8.80. The van der Waals surface area contributed by atoms with Gasteiger partial charge in [-0.3, -0.25) is 9.59 Å². The van der Waals surface area contributed by atoms with Gasteiger partial charge in [0.05, 0.1) is 24.4 Å². The van der Waals surface area contributed by atoms with Crippen LogP contribution in [0.2, 0.25) is 5.15 Å². The third-order valence-electron chi connectivity index (χ3n) is 5.39. The highest BCUT2D eigenvalue weighted by molar-refractivity contribution is 7.99. The van der Waals surface area contributed by atoms with E-state index in [0.717, 1.165) is 44.0 Å². The molecular weight excluding hydrogens is 462 g/mol. The number of ether oxygens (including phenoxy) is 1. The Labute approximate surface area is 203 Å². The number of esters is 1. The van der Waals surface area contributed by atoms with Crippen LogP contribution in [0, 0.1) is 11.3 Å². The second-order valence-corrected chi connectivity index (χ2v) is 8.85. The number of hydrogen-bond acceptors (Lipinski definition) is 8. The Bertz CT molecular complexity index is 1030. The smallest absolute Gasteiger partial charge is 0.315 e. The van der Waals surface area contributed by atoms with Crippen LogP contribution in [0.4, 0.5) is 11.4 Å². The number of pyridine rings is 1. The van der Waals surface area contributed by atoms with Crippen LogP contribution in [-0.2, 0) is 9.53 Å². The average molecular weight is 488 g/mol. The predicted molar refractivity (Wildman–Crippen MR) is 131 cm³/mol. The monoisotopic (exact) mass is 487 g/mol. The van der Waals surface area contributed by atoms with Crippen molar-refractivity contribution in [1.29, 1.82) is 5.26 Å². The molecule has 1 aromatic heterocycles. The SMILES string of the molecule is COC(=O)CSCN(C)C(=O)c1ccc(N2CCCN(c3ccnc(Cl)c3C#N)CC2)cc1. The lowest BCUT2D eigenvalue weighted by atomic mass is 10.1. The van der Waals surface area contributed by atoms with Gasteiger partial charge in [-0.15, -0.1) is 11.8 Å². The molecule has 174 valence electrons. The molecule has 10 heteroatoms. The van der Waals surface area contributed by atoms with Crippen molar-refractivity contribution in [2.24, 2.45) is 0 Å². The number of methoxy groups -OCH3 is 1. The van der Waals surface area contributed by atoms with E-state index in [1.807, 2.05) is 30.3 Å². The zero-order valence-corrected chi connectivity index (χ0v) is 20.2. The molecule has 0 aliphatic carbocycles. The molecular formula is C23H26ClN5O3S. The van der Waals surface area contributed by atoms with Crippen LogP contribution in [0.25, 0.3) is 0 Å². The van der Waals surface area contributed by atoms with E-state index in [9.17, 15) is 14.9 Å². The van der Waals surface area contributed by atoms with E-state index >= 15 is 0 Å². The lowest BCUT2D eigenvalue weighted by Gasteiger charge is -2.25. The van der Waals surface area contributed by atoms with E-state index in [2.05, 4.69) is 25.6 Å². The lowest BCUT2D eigenvalue weighted by molar-refractivity contribution is -0.137. The summed E-state index contributed by atoms with van der Waals surface area (Å²) in [5, 5.41) is 9.69. The minimum Gasteiger partial charge on any atom is -0.468 e. The lowest BCUT2D eigenvalue weighted by Crippen LogP contribution is -2.31. The van der Waals surface area contributed by atoms with Gasteiger partial charge in [0, 0.05) is 50.7 Å². The number of carbonyl (C=O) groups excluding carboxylic acids is 2. The number of thioether (sulfide) groups is 1. The van der Waals surface area contributed by atoms with Crippen molar-refractivity contribution in [2.75, 3.05) is 61.8 Å². The third-order valence-corrected chi connectivity index (χ3v) is 6.69. The Morgan fingerprint density at radius 1 is 1.18 bits per heavy atom. The first-order valence-corrected chi connectivity index (χ1v) is 12.0. The first kappa shape index (κ1) is 24.7. The predicted octanol–water partition coefficient (Wildman–Crippen LogP) is 3.26. The first-order valence-electron chi connectivity index (χ1n) is 10.5. The van der Waals surface area contributed by atoms with Gasteiger partial charge in [0.2, 0.25) is 0 Å². The van der Waals surface area contributed by atoms with Crippen molar-refractivity contribution in [3.63, 3.8) is 0 Å². The fourth-order valence-electron chi connectivity index (χ4n) is 3.63. The van der Waals surface area contributed by atoms with Crippen LogP contribution in [0.15, 0.2) is 36.5 Å². The molecule has 2 heterocycles. The van der Waals surface area contributed by atoms with E-state index < -0.39 is 0 Å². The second-order valence-electron chi connectivity index (χ2n) is 7.54. The molecule has 1 fully saturated rings. The molecule has 1 aliphatic heterocycles. The van der Waals surface area contributed by atoms with Crippen molar-refractivity contribution in [3.05, 3.63) is 52.8 Å². The fourth-order valence-corrected chi connectivity index (χ4v) is 4.59. The summed E-state index contributed by atoms with van der Waals surface area (Å²) in [7, 11) is 3.06. The van der Waals surface area contributed by atoms with Crippen LogP contribution in [0.5, 0.6) is 0 Å². The molecule has 33 heavy (non-hydrogen) atoms. The summed E-state index contributed by atoms with van der Waals surface area (Å²) < 4.78 is 4.61. The minimum absolute atomic E-state index is 0.0976. The molecule has 1 aromatic carbocycles. The quantitative estimate of drug-likeness (QED) is 0.334. The maximum Gasteiger partial charge on any atom is 0.315 e. The number of nitrogens with zero attached hydrogens (tertiary/aromatic N) is 5. The number of carbonyl (C=O) groups is 2. The van der Waals surface area contributed by atoms with E-state index in [-0.39, 0.29) is 22.8 Å². The molecule has 3 rings (SSSR count). The maximum atomic E-state index is 12.7. The number of nitriles is 1. The van der Waals surface area contributed by atoms with E-state index in [1.54, 1.807) is 18.1 Å². The Hall–Kier alpha value is -2.96. The second kappa shape index (κ2) is 11.8. The summed E-state index contributed by atoms with van der Waals surface area (Å²) in [6, 6.07) is 11.6. The number of benzene rings is 1. The van der Waals surface area contributed by atoms with Gasteiger partial charge >= 0.3 is 5.97 Å². The molecule has 0 spiro atoms. The molecule has 0 unspecified atom stereocenters. The summed E-state index contributed by atoms with van der Waals surface area (Å²) in [5.41, 5.74) is 2.86. The highest BCUT2D eigenvalue weighted by Crippen LogP contribution is 2.27. The van der Waals surface area contributed by atoms with Gasteiger partial charge in [0.1, 0.15) is 16.8 Å². The van der Waals surface area contributed by atoms with Gasteiger partial charge in [-0.2, -0.15) is 5.26 Å². The normalized spacial score (nSPS) is 13.8. The van der Waals surface area contributed by atoms with E-state index in [0.29, 0.717) is 17.0 Å². The van der Waals surface area contributed by atoms with Crippen LogP contribution in [0.3, 0.4) is 0 Å². The number of hydrogen-bond donors (Lipinski definition) is 0. The summed E-state index contributed by atoms with van der Waals surface area (Å²) in [5.74, 6) is 0.207. The van der Waals surface area contributed by atoms with Gasteiger partial charge in [0.15, 0.2) is 0 Å². The number of rotatable bonds is 7. The standard InChI is InChI=1S/C23H26ClN5O3S/c1-27(16-33-15-21(30)32-2)23(31)17-4-6-18(7-5-17)28-10-3-11-29(13-12-28)20-8-9-26-22(24)19(20)14-25/h4-9H,3,10-13,15-16H2,1-2H3. The van der Waals surface area contributed by atoms with Gasteiger partial charge in [-0.25, -0.2) is 4.98 Å². The maximum absolute atomic E-state index is 12.7. The van der Waals surface area contributed by atoms with Crippen LogP contribution < -0.4 is 9.80 Å². The van der Waals surface area contributed by atoms with Gasteiger partial charge in [0.25, 0.3) is 5.91 Å². The van der Waals surface area contributed by atoms with Crippen LogP contribution in [0.1, 0.15) is 22.3 Å². The highest BCUT2D eigenvalue weighted by Gasteiger charge is 2.20. The number of halogens is 1. The molecule has 1 amide bonds. The number of anilines is 2. The van der Waals surface area contributed by atoms with Crippen molar-refractivity contribution in [2.45, 2.75) is 6.42 Å². The van der Waals surface area contributed by atoms with Crippen LogP contribution >= 0.6 is 23.4 Å². The van der Waals surface area contributed by atoms with Crippen molar-refractivity contribution < 1.29 is 14.3 Å². The molecule has 1 aliphatic rings. The number of aromatic nitrogens is 1. The zero-order chi connectivity index (χ0) is 23.8. The Morgan fingerprint density at radius 3 is 2.58 bits per heavy atom. The molecule has 0 radical (unpaired) electrons. The Morgan fingerprint density at radius 2 is 1.88 bits per heavy atom. The van der Waals surface area contributed by atoms with E-state index in [1.165, 1.54) is 18.9 Å².